The molecule has 0 fully saturated rings. The molecule has 1 N–H and O–H groups in total. The summed E-state index contributed by atoms with van der Waals surface area (Å²) in [4.78, 5) is 0. The molecule has 0 spiro atoms. The van der Waals surface area contributed by atoms with Crippen molar-refractivity contribution in [2.45, 2.75) is 0 Å². The normalized spacial score (nSPS) is 8.83. The molecule has 0 aliphatic carbocycles. The van der Waals surface area contributed by atoms with Gasteiger partial charge < -0.3 is 5.11 Å². The average molecular weight is 246 g/mol. The maximum absolute atomic E-state index is 9.10. The lowest BCUT2D eigenvalue weighted by atomic mass is 10.2. The third-order valence-corrected chi connectivity index (χ3v) is 1.85. The van der Waals surface area contributed by atoms with Gasteiger partial charge in [0.05, 0.1) is 10.4 Å². The third-order valence-electron chi connectivity index (χ3n) is 1.24. The van der Waals surface area contributed by atoms with Crippen LogP contribution in [-0.4, -0.2) is 10.4 Å². The molecule has 0 unspecified atom stereocenters. The lowest BCUT2D eigenvalue weighted by molar-refractivity contribution is 0.475. The number of hydrogen-bond donors (Lipinski definition) is 1. The van der Waals surface area contributed by atoms with E-state index in [9.17, 15) is 0 Å². The first kappa shape index (κ1) is 9.44. The molecule has 3 heteroatoms. The minimum Gasteiger partial charge on any atom is -0.508 e. The summed E-state index contributed by atoms with van der Waals surface area (Å²) in [6.45, 7) is 0. The van der Waals surface area contributed by atoms with Gasteiger partial charge in [0.1, 0.15) is 5.75 Å². The first-order chi connectivity index (χ1) is 5.74. The lowest BCUT2D eigenvalue weighted by Gasteiger charge is -1.95. The molecular formula is C9H6BrClO. The molecule has 62 valence electrons. The zero-order valence-corrected chi connectivity index (χ0v) is 8.48. The summed E-state index contributed by atoms with van der Waals surface area (Å²) in [6.07, 6.45) is 0. The fourth-order valence-electron chi connectivity index (χ4n) is 0.738. The van der Waals surface area contributed by atoms with Crippen LogP contribution >= 0.6 is 27.5 Å². The molecule has 0 bridgehead atoms. The van der Waals surface area contributed by atoms with Gasteiger partial charge in [-0.15, -0.1) is 0 Å². The van der Waals surface area contributed by atoms with E-state index in [0.29, 0.717) is 15.9 Å². The van der Waals surface area contributed by atoms with E-state index in [2.05, 4.69) is 27.8 Å². The molecular weight excluding hydrogens is 239 g/mol. The SMILES string of the molecule is Oc1ccc(Cl)c(C#CCBr)c1. The Kier molecular flexibility index (Phi) is 3.46. The van der Waals surface area contributed by atoms with Gasteiger partial charge in [-0.2, -0.15) is 0 Å². The highest BCUT2D eigenvalue weighted by molar-refractivity contribution is 9.09. The van der Waals surface area contributed by atoms with Crippen LogP contribution in [0.25, 0.3) is 0 Å². The van der Waals surface area contributed by atoms with Crippen molar-refractivity contribution in [1.29, 1.82) is 0 Å². The van der Waals surface area contributed by atoms with E-state index in [1.165, 1.54) is 12.1 Å². The highest BCUT2D eigenvalue weighted by Gasteiger charge is 1.96. The fourth-order valence-corrected chi connectivity index (χ4v) is 1.04. The molecule has 1 aromatic rings. The van der Waals surface area contributed by atoms with Crippen molar-refractivity contribution in [3.63, 3.8) is 0 Å². The van der Waals surface area contributed by atoms with E-state index < -0.39 is 0 Å². The van der Waals surface area contributed by atoms with Crippen LogP contribution in [0.5, 0.6) is 5.75 Å². The Balaban J connectivity index is 3.05. The lowest BCUT2D eigenvalue weighted by Crippen LogP contribution is -1.76. The summed E-state index contributed by atoms with van der Waals surface area (Å²) in [7, 11) is 0. The summed E-state index contributed by atoms with van der Waals surface area (Å²) >= 11 is 8.97. The Morgan fingerprint density at radius 2 is 2.25 bits per heavy atom. The summed E-state index contributed by atoms with van der Waals surface area (Å²) < 4.78 is 0. The van der Waals surface area contributed by atoms with Crippen molar-refractivity contribution >= 4 is 27.5 Å². The second-order valence-electron chi connectivity index (χ2n) is 2.10. The monoisotopic (exact) mass is 244 g/mol. The van der Waals surface area contributed by atoms with Gasteiger partial charge in [0.15, 0.2) is 0 Å². The molecule has 1 nitrogen and oxygen atoms in total. The molecule has 0 aliphatic rings. The van der Waals surface area contributed by atoms with Gasteiger partial charge in [-0.25, -0.2) is 0 Å². The fraction of sp³-hybridized carbons (Fsp3) is 0.111. The number of halogens is 2. The van der Waals surface area contributed by atoms with Crippen molar-refractivity contribution in [2.24, 2.45) is 0 Å². The molecule has 1 rings (SSSR count). The van der Waals surface area contributed by atoms with Crippen LogP contribution < -0.4 is 0 Å². The molecule has 0 aromatic heterocycles. The van der Waals surface area contributed by atoms with Crippen LogP contribution in [0.2, 0.25) is 5.02 Å². The molecule has 0 saturated carbocycles. The van der Waals surface area contributed by atoms with Crippen molar-refractivity contribution in [1.82, 2.24) is 0 Å². The van der Waals surface area contributed by atoms with Gasteiger partial charge in [-0.3, -0.25) is 0 Å². The highest BCUT2D eigenvalue weighted by atomic mass is 79.9. The molecule has 12 heavy (non-hydrogen) atoms. The smallest absolute Gasteiger partial charge is 0.116 e. The Morgan fingerprint density at radius 3 is 2.92 bits per heavy atom. The Bertz CT molecular complexity index is 338. The Morgan fingerprint density at radius 1 is 1.50 bits per heavy atom. The van der Waals surface area contributed by atoms with Gasteiger partial charge >= 0.3 is 0 Å². The van der Waals surface area contributed by atoms with Crippen LogP contribution in [-0.2, 0) is 0 Å². The largest absolute Gasteiger partial charge is 0.508 e. The number of alkyl halides is 1. The Hall–Kier alpha value is -0.650. The number of rotatable bonds is 0. The summed E-state index contributed by atoms with van der Waals surface area (Å²) in [5.41, 5.74) is 0.649. The maximum Gasteiger partial charge on any atom is 0.116 e. The zero-order valence-electron chi connectivity index (χ0n) is 6.14. The van der Waals surface area contributed by atoms with E-state index in [0.717, 1.165) is 0 Å². The standard InChI is InChI=1S/C9H6BrClO/c10-5-1-2-7-6-8(12)3-4-9(7)11/h3-4,6,12H,5H2. The Labute approximate surface area is 84.5 Å². The third kappa shape index (κ3) is 2.44. The van der Waals surface area contributed by atoms with Crippen LogP contribution in [0.1, 0.15) is 5.56 Å². The molecule has 0 amide bonds. The van der Waals surface area contributed by atoms with Crippen molar-refractivity contribution < 1.29 is 5.11 Å². The maximum atomic E-state index is 9.10. The summed E-state index contributed by atoms with van der Waals surface area (Å²) in [5.74, 6) is 5.80. The van der Waals surface area contributed by atoms with Gasteiger partial charge in [-0.1, -0.05) is 39.4 Å². The molecule has 0 atom stereocenters. The van der Waals surface area contributed by atoms with Crippen molar-refractivity contribution in [3.05, 3.63) is 28.8 Å². The summed E-state index contributed by atoms with van der Waals surface area (Å²) in [6, 6.07) is 4.69. The van der Waals surface area contributed by atoms with E-state index in [1.807, 2.05) is 0 Å². The second-order valence-corrected chi connectivity index (χ2v) is 3.07. The quantitative estimate of drug-likeness (QED) is 0.550. The number of phenols is 1. The minimum atomic E-state index is 0.179. The van der Waals surface area contributed by atoms with Crippen LogP contribution in [0.4, 0.5) is 0 Å². The number of benzene rings is 1. The average Bonchev–Trinajstić information content (AvgIpc) is 2.07. The van der Waals surface area contributed by atoms with Gasteiger partial charge in [0, 0.05) is 5.56 Å². The van der Waals surface area contributed by atoms with Crippen LogP contribution in [0.15, 0.2) is 18.2 Å². The van der Waals surface area contributed by atoms with E-state index in [1.54, 1.807) is 6.07 Å². The van der Waals surface area contributed by atoms with Gasteiger partial charge in [0.25, 0.3) is 0 Å². The first-order valence-corrected chi connectivity index (χ1v) is 4.77. The number of hydrogen-bond acceptors (Lipinski definition) is 1. The van der Waals surface area contributed by atoms with Crippen LogP contribution in [0.3, 0.4) is 0 Å². The van der Waals surface area contributed by atoms with Crippen molar-refractivity contribution in [3.8, 4) is 17.6 Å². The number of phenolic OH excluding ortho intramolecular Hbond substituents is 1. The zero-order chi connectivity index (χ0) is 8.97. The van der Waals surface area contributed by atoms with E-state index >= 15 is 0 Å². The summed E-state index contributed by atoms with van der Waals surface area (Å²) in [5, 5.41) is 10.3. The molecule has 0 aliphatic heterocycles. The first-order valence-electron chi connectivity index (χ1n) is 3.27. The van der Waals surface area contributed by atoms with Gasteiger partial charge in [0.2, 0.25) is 0 Å². The van der Waals surface area contributed by atoms with Crippen molar-refractivity contribution in [2.75, 3.05) is 5.33 Å². The molecule has 1 aromatic carbocycles. The molecule has 0 radical (unpaired) electrons. The van der Waals surface area contributed by atoms with E-state index in [4.69, 9.17) is 16.7 Å². The topological polar surface area (TPSA) is 20.2 Å². The second kappa shape index (κ2) is 4.39. The van der Waals surface area contributed by atoms with Crippen LogP contribution in [0, 0.1) is 11.8 Å². The number of aromatic hydroxyl groups is 1. The molecule has 0 saturated heterocycles. The molecule has 0 heterocycles. The predicted molar refractivity (Wildman–Crippen MR) is 53.8 cm³/mol. The highest BCUT2D eigenvalue weighted by Crippen LogP contribution is 2.19. The van der Waals surface area contributed by atoms with Gasteiger partial charge in [-0.05, 0) is 18.2 Å². The predicted octanol–water partition coefficient (Wildman–Crippen LogP) is 2.79. The minimum absolute atomic E-state index is 0.179. The van der Waals surface area contributed by atoms with E-state index in [-0.39, 0.29) is 5.75 Å².